The van der Waals surface area contributed by atoms with Crippen molar-refractivity contribution < 1.29 is 9.90 Å². The van der Waals surface area contributed by atoms with Gasteiger partial charge in [-0.3, -0.25) is 0 Å². The summed E-state index contributed by atoms with van der Waals surface area (Å²) >= 11 is 0. The molecule has 1 heterocycles. The van der Waals surface area contributed by atoms with E-state index in [9.17, 15) is 4.79 Å². The zero-order chi connectivity index (χ0) is 10.0. The van der Waals surface area contributed by atoms with Gasteiger partial charge in [-0.1, -0.05) is 6.92 Å². The normalized spacial score (nSPS) is 12.8. The summed E-state index contributed by atoms with van der Waals surface area (Å²) in [4.78, 5) is 14.9. The molecule has 1 N–H and O–H groups in total. The van der Waals surface area contributed by atoms with Crippen molar-refractivity contribution in [3.8, 4) is 0 Å². The van der Waals surface area contributed by atoms with Gasteiger partial charge in [-0.2, -0.15) is 5.10 Å². The second-order valence-corrected chi connectivity index (χ2v) is 2.91. The summed E-state index contributed by atoms with van der Waals surface area (Å²) < 4.78 is 1.46. The zero-order valence-electron chi connectivity index (χ0n) is 7.98. The lowest BCUT2D eigenvalue weighted by molar-refractivity contribution is -0.141. The monoisotopic (exact) mass is 183 g/mol. The second-order valence-electron chi connectivity index (χ2n) is 2.91. The van der Waals surface area contributed by atoms with Gasteiger partial charge in [-0.25, -0.2) is 14.5 Å². The Morgan fingerprint density at radius 1 is 1.62 bits per heavy atom. The lowest BCUT2D eigenvalue weighted by Crippen LogP contribution is -2.20. The topological polar surface area (TPSA) is 68.0 Å². The zero-order valence-corrected chi connectivity index (χ0v) is 7.98. The molecule has 1 atom stereocenters. The molecular weight excluding hydrogens is 170 g/mol. The Balaban J connectivity index is 3.04. The molecule has 13 heavy (non-hydrogen) atoms. The lowest BCUT2D eigenvalue weighted by atomic mass is 10.2. The van der Waals surface area contributed by atoms with E-state index >= 15 is 0 Å². The molecule has 0 aliphatic rings. The van der Waals surface area contributed by atoms with Gasteiger partial charge in [-0.15, -0.1) is 0 Å². The fourth-order valence-corrected chi connectivity index (χ4v) is 1.28. The van der Waals surface area contributed by atoms with Crippen molar-refractivity contribution in [1.29, 1.82) is 0 Å². The fourth-order valence-electron chi connectivity index (χ4n) is 1.28. The molecule has 0 amide bonds. The molecular formula is C8H13N3O2. The third-order valence-electron chi connectivity index (χ3n) is 1.87. The number of rotatable bonds is 3. The molecule has 0 radical (unpaired) electrons. The van der Waals surface area contributed by atoms with Crippen LogP contribution in [-0.4, -0.2) is 25.8 Å². The van der Waals surface area contributed by atoms with Crippen LogP contribution in [-0.2, 0) is 4.79 Å². The number of carboxylic acid groups (broad SMARTS) is 1. The summed E-state index contributed by atoms with van der Waals surface area (Å²) in [7, 11) is 0. The number of nitrogens with zero attached hydrogens (tertiary/aromatic N) is 3. The van der Waals surface area contributed by atoms with E-state index in [-0.39, 0.29) is 0 Å². The Morgan fingerprint density at radius 2 is 2.23 bits per heavy atom. The number of hydrogen-bond donors (Lipinski definition) is 1. The molecule has 1 rings (SSSR count). The van der Waals surface area contributed by atoms with Gasteiger partial charge < -0.3 is 5.11 Å². The molecule has 5 nitrogen and oxygen atoms in total. The Morgan fingerprint density at radius 3 is 2.54 bits per heavy atom. The lowest BCUT2D eigenvalue weighted by Gasteiger charge is -2.10. The minimum atomic E-state index is -0.865. The van der Waals surface area contributed by atoms with E-state index < -0.39 is 12.0 Å². The predicted molar refractivity (Wildman–Crippen MR) is 46.5 cm³/mol. The third-order valence-corrected chi connectivity index (χ3v) is 1.87. The molecule has 0 fully saturated rings. The first-order valence-electron chi connectivity index (χ1n) is 4.18. The van der Waals surface area contributed by atoms with Crippen molar-refractivity contribution in [2.75, 3.05) is 0 Å². The molecule has 1 unspecified atom stereocenters. The summed E-state index contributed by atoms with van der Waals surface area (Å²) in [6.07, 6.45) is 0.513. The Kier molecular flexibility index (Phi) is 2.65. The van der Waals surface area contributed by atoms with Crippen molar-refractivity contribution in [3.63, 3.8) is 0 Å². The predicted octanol–water partition coefficient (Wildman–Crippen LogP) is 0.931. The van der Waals surface area contributed by atoms with Gasteiger partial charge in [-0.05, 0) is 20.3 Å². The molecule has 0 aromatic carbocycles. The molecule has 5 heteroatoms. The minimum Gasteiger partial charge on any atom is -0.480 e. The van der Waals surface area contributed by atoms with Gasteiger partial charge in [0.1, 0.15) is 11.6 Å². The van der Waals surface area contributed by atoms with Crippen LogP contribution in [0.3, 0.4) is 0 Å². The van der Waals surface area contributed by atoms with Gasteiger partial charge in [0.25, 0.3) is 0 Å². The first-order valence-corrected chi connectivity index (χ1v) is 4.18. The average molecular weight is 183 g/mol. The summed E-state index contributed by atoms with van der Waals surface area (Å²) in [6.45, 7) is 5.32. The molecule has 1 aromatic heterocycles. The van der Waals surface area contributed by atoms with Crippen LogP contribution < -0.4 is 0 Å². The molecule has 0 saturated carbocycles. The van der Waals surface area contributed by atoms with E-state index in [1.165, 1.54) is 4.68 Å². The Hall–Kier alpha value is -1.39. The maximum atomic E-state index is 10.8. The van der Waals surface area contributed by atoms with Crippen LogP contribution in [0.1, 0.15) is 31.0 Å². The van der Waals surface area contributed by atoms with Crippen LogP contribution in [0.15, 0.2) is 0 Å². The molecule has 1 aromatic rings. The summed E-state index contributed by atoms with van der Waals surface area (Å²) in [6, 6.07) is -0.596. The van der Waals surface area contributed by atoms with Crippen LogP contribution in [0.2, 0.25) is 0 Å². The van der Waals surface area contributed by atoms with Gasteiger partial charge in [0.15, 0.2) is 6.04 Å². The van der Waals surface area contributed by atoms with Crippen molar-refractivity contribution in [1.82, 2.24) is 14.8 Å². The third kappa shape index (κ3) is 1.85. The Bertz CT molecular complexity index is 319. The molecule has 72 valence electrons. The summed E-state index contributed by atoms with van der Waals surface area (Å²) in [5.74, 6) is 0.388. The van der Waals surface area contributed by atoms with Gasteiger partial charge in [0, 0.05) is 0 Å². The highest BCUT2D eigenvalue weighted by molar-refractivity contribution is 5.71. The number of aliphatic carboxylic acids is 1. The van der Waals surface area contributed by atoms with E-state index in [0.717, 1.165) is 0 Å². The average Bonchev–Trinajstić information content (AvgIpc) is 2.31. The summed E-state index contributed by atoms with van der Waals surface area (Å²) in [5.41, 5.74) is 0. The quantitative estimate of drug-likeness (QED) is 0.756. The number of carboxylic acids is 1. The van der Waals surface area contributed by atoms with Crippen LogP contribution in [0.5, 0.6) is 0 Å². The number of carbonyl (C=O) groups is 1. The van der Waals surface area contributed by atoms with E-state index in [0.29, 0.717) is 18.1 Å². The maximum Gasteiger partial charge on any atom is 0.328 e. The molecule has 0 saturated heterocycles. The smallest absolute Gasteiger partial charge is 0.328 e. The van der Waals surface area contributed by atoms with Crippen LogP contribution in [0.4, 0.5) is 0 Å². The van der Waals surface area contributed by atoms with Gasteiger partial charge in [0.2, 0.25) is 0 Å². The van der Waals surface area contributed by atoms with Crippen molar-refractivity contribution in [3.05, 3.63) is 11.6 Å². The number of aryl methyl sites for hydroxylation is 2. The van der Waals surface area contributed by atoms with Crippen LogP contribution >= 0.6 is 0 Å². The van der Waals surface area contributed by atoms with Crippen molar-refractivity contribution in [2.45, 2.75) is 33.2 Å². The first kappa shape index (κ1) is 9.70. The largest absolute Gasteiger partial charge is 0.480 e. The van der Waals surface area contributed by atoms with Gasteiger partial charge >= 0.3 is 5.97 Å². The highest BCUT2D eigenvalue weighted by atomic mass is 16.4. The first-order chi connectivity index (χ1) is 6.06. The summed E-state index contributed by atoms with van der Waals surface area (Å²) in [5, 5.41) is 12.9. The van der Waals surface area contributed by atoms with E-state index in [1.807, 2.05) is 6.92 Å². The fraction of sp³-hybridized carbons (Fsp3) is 0.625. The van der Waals surface area contributed by atoms with E-state index in [4.69, 9.17) is 5.11 Å². The highest BCUT2D eigenvalue weighted by Gasteiger charge is 2.20. The molecule has 0 aliphatic carbocycles. The SMILES string of the molecule is CCC(C(=O)O)n1nc(C)nc1C. The van der Waals surface area contributed by atoms with E-state index in [1.54, 1.807) is 13.8 Å². The molecule has 0 bridgehead atoms. The van der Waals surface area contributed by atoms with Crippen LogP contribution in [0, 0.1) is 13.8 Å². The highest BCUT2D eigenvalue weighted by Crippen LogP contribution is 2.12. The van der Waals surface area contributed by atoms with Gasteiger partial charge in [0.05, 0.1) is 0 Å². The Labute approximate surface area is 76.4 Å². The molecule has 0 spiro atoms. The standard InChI is InChI=1S/C8H13N3O2/c1-4-7(8(12)13)11-6(3)9-5(2)10-11/h7H,4H2,1-3H3,(H,12,13). The second kappa shape index (κ2) is 3.55. The maximum absolute atomic E-state index is 10.8. The van der Waals surface area contributed by atoms with Crippen molar-refractivity contribution in [2.24, 2.45) is 0 Å². The number of aromatic nitrogens is 3. The minimum absolute atomic E-state index is 0.513. The van der Waals surface area contributed by atoms with Crippen LogP contribution in [0.25, 0.3) is 0 Å². The molecule has 0 aliphatic heterocycles. The van der Waals surface area contributed by atoms with E-state index in [2.05, 4.69) is 10.1 Å². The number of hydrogen-bond acceptors (Lipinski definition) is 3. The van der Waals surface area contributed by atoms with Crippen molar-refractivity contribution >= 4 is 5.97 Å².